The Morgan fingerprint density at radius 2 is 2.04 bits per heavy atom. The maximum atomic E-state index is 13.2. The van der Waals surface area contributed by atoms with E-state index in [-0.39, 0.29) is 22.4 Å². The van der Waals surface area contributed by atoms with Gasteiger partial charge in [0.25, 0.3) is 5.91 Å². The van der Waals surface area contributed by atoms with Crippen LogP contribution in [-0.4, -0.2) is 52.9 Å². The second-order valence-corrected chi connectivity index (χ2v) is 8.47. The Morgan fingerprint density at radius 3 is 2.72 bits per heavy atom. The summed E-state index contributed by atoms with van der Waals surface area (Å²) in [5.41, 5.74) is 5.20. The van der Waals surface area contributed by atoms with Gasteiger partial charge in [-0.05, 0) is 24.7 Å². The predicted molar refractivity (Wildman–Crippen MR) is 95.1 cm³/mol. The molecule has 1 atom stereocenters. The number of anilines is 1. The molecule has 2 amide bonds. The van der Waals surface area contributed by atoms with Crippen molar-refractivity contribution in [2.24, 2.45) is 16.6 Å². The SMILES string of the molecule is CC(C)(C)CN1CCC[C@]2(CCN(c3cncc(C(N)=O)n3)C2)C1=O. The average Bonchev–Trinajstić information content (AvgIpc) is 2.96. The quantitative estimate of drug-likeness (QED) is 0.895. The third-order valence-corrected chi connectivity index (χ3v) is 5.04. The first-order valence-corrected chi connectivity index (χ1v) is 8.86. The Bertz CT molecular complexity index is 684. The van der Waals surface area contributed by atoms with E-state index in [9.17, 15) is 9.59 Å². The molecule has 136 valence electrons. The molecule has 7 nitrogen and oxygen atoms in total. The summed E-state index contributed by atoms with van der Waals surface area (Å²) in [6, 6.07) is 0. The van der Waals surface area contributed by atoms with Crippen LogP contribution >= 0.6 is 0 Å². The highest BCUT2D eigenvalue weighted by molar-refractivity contribution is 5.90. The highest BCUT2D eigenvalue weighted by atomic mass is 16.2. The fraction of sp³-hybridized carbons (Fsp3) is 0.667. The molecule has 1 aromatic heterocycles. The van der Waals surface area contributed by atoms with Crippen LogP contribution in [0.1, 0.15) is 50.5 Å². The van der Waals surface area contributed by atoms with Crippen molar-refractivity contribution >= 4 is 17.6 Å². The van der Waals surface area contributed by atoms with Gasteiger partial charge in [0, 0.05) is 26.2 Å². The standard InChI is InChI=1S/C18H27N5O2/c1-17(2,3)11-23-7-4-5-18(16(23)25)6-8-22(12-18)14-10-20-9-13(21-14)15(19)24/h9-10H,4-8,11-12H2,1-3H3,(H2,19,24)/t18-/m1/s1. The molecule has 2 fully saturated rings. The van der Waals surface area contributed by atoms with Gasteiger partial charge in [-0.3, -0.25) is 14.6 Å². The zero-order valence-corrected chi connectivity index (χ0v) is 15.3. The zero-order chi connectivity index (χ0) is 18.2. The summed E-state index contributed by atoms with van der Waals surface area (Å²) in [6.45, 7) is 9.48. The van der Waals surface area contributed by atoms with Gasteiger partial charge in [-0.1, -0.05) is 20.8 Å². The number of piperidine rings is 1. The maximum absolute atomic E-state index is 13.2. The number of likely N-dealkylation sites (tertiary alicyclic amines) is 1. The van der Waals surface area contributed by atoms with Gasteiger partial charge in [0.2, 0.25) is 5.91 Å². The summed E-state index contributed by atoms with van der Waals surface area (Å²) in [5.74, 6) is 0.289. The molecule has 2 N–H and O–H groups in total. The van der Waals surface area contributed by atoms with Crippen molar-refractivity contribution < 1.29 is 9.59 Å². The first kappa shape index (κ1) is 17.6. The van der Waals surface area contributed by atoms with Gasteiger partial charge in [0.1, 0.15) is 11.5 Å². The number of rotatable bonds is 3. The first-order valence-electron chi connectivity index (χ1n) is 8.86. The molecule has 0 aliphatic carbocycles. The molecular weight excluding hydrogens is 318 g/mol. The van der Waals surface area contributed by atoms with Gasteiger partial charge in [-0.25, -0.2) is 4.98 Å². The van der Waals surface area contributed by atoms with E-state index in [4.69, 9.17) is 5.73 Å². The summed E-state index contributed by atoms with van der Waals surface area (Å²) in [7, 11) is 0. The van der Waals surface area contributed by atoms with Gasteiger partial charge in [-0.15, -0.1) is 0 Å². The van der Waals surface area contributed by atoms with Crippen LogP contribution in [-0.2, 0) is 4.79 Å². The van der Waals surface area contributed by atoms with Crippen molar-refractivity contribution in [2.75, 3.05) is 31.1 Å². The van der Waals surface area contributed by atoms with Gasteiger partial charge < -0.3 is 15.5 Å². The number of nitrogens with zero attached hydrogens (tertiary/aromatic N) is 4. The van der Waals surface area contributed by atoms with Crippen LogP contribution in [0.4, 0.5) is 5.82 Å². The molecular formula is C18H27N5O2. The lowest BCUT2D eigenvalue weighted by molar-refractivity contribution is -0.146. The smallest absolute Gasteiger partial charge is 0.268 e. The highest BCUT2D eigenvalue weighted by Gasteiger charge is 2.49. The molecule has 0 aromatic carbocycles. The molecule has 7 heteroatoms. The number of carbonyl (C=O) groups excluding carboxylic acids is 2. The topological polar surface area (TPSA) is 92.4 Å². The van der Waals surface area contributed by atoms with Crippen LogP contribution in [0.15, 0.2) is 12.4 Å². The van der Waals surface area contributed by atoms with E-state index in [1.807, 2.05) is 4.90 Å². The van der Waals surface area contributed by atoms with Crippen LogP contribution in [0.2, 0.25) is 0 Å². The molecule has 3 heterocycles. The number of carbonyl (C=O) groups is 2. The predicted octanol–water partition coefficient (Wildman–Crippen LogP) is 1.44. The summed E-state index contributed by atoms with van der Waals surface area (Å²) < 4.78 is 0. The monoisotopic (exact) mass is 345 g/mol. The van der Waals surface area contributed by atoms with E-state index in [1.54, 1.807) is 6.20 Å². The molecule has 0 radical (unpaired) electrons. The Balaban J connectivity index is 1.77. The summed E-state index contributed by atoms with van der Waals surface area (Å²) >= 11 is 0. The number of hydrogen-bond acceptors (Lipinski definition) is 5. The van der Waals surface area contributed by atoms with Gasteiger partial charge in [-0.2, -0.15) is 0 Å². The molecule has 2 aliphatic rings. The van der Waals surface area contributed by atoms with E-state index in [2.05, 4.69) is 35.6 Å². The maximum Gasteiger partial charge on any atom is 0.268 e. The Kier molecular flexibility index (Phi) is 4.43. The minimum absolute atomic E-state index is 0.0910. The zero-order valence-electron chi connectivity index (χ0n) is 15.3. The average molecular weight is 345 g/mol. The van der Waals surface area contributed by atoms with Crippen molar-refractivity contribution in [1.82, 2.24) is 14.9 Å². The second kappa shape index (κ2) is 6.28. The molecule has 0 unspecified atom stereocenters. The molecule has 2 saturated heterocycles. The van der Waals surface area contributed by atoms with Crippen LogP contribution < -0.4 is 10.6 Å². The Labute approximate surface area is 148 Å². The second-order valence-electron chi connectivity index (χ2n) is 8.47. The summed E-state index contributed by atoms with van der Waals surface area (Å²) in [6.07, 6.45) is 5.75. The molecule has 0 bridgehead atoms. The molecule has 3 rings (SSSR count). The first-order chi connectivity index (χ1) is 11.7. The highest BCUT2D eigenvalue weighted by Crippen LogP contribution is 2.41. The van der Waals surface area contributed by atoms with E-state index >= 15 is 0 Å². The van der Waals surface area contributed by atoms with Crippen LogP contribution in [0.3, 0.4) is 0 Å². The van der Waals surface area contributed by atoms with Crippen LogP contribution in [0.25, 0.3) is 0 Å². The number of aromatic nitrogens is 2. The lowest BCUT2D eigenvalue weighted by Gasteiger charge is -2.41. The number of primary amides is 1. The minimum atomic E-state index is -0.589. The van der Waals surface area contributed by atoms with Crippen molar-refractivity contribution in [3.63, 3.8) is 0 Å². The van der Waals surface area contributed by atoms with E-state index < -0.39 is 5.91 Å². The molecule has 2 aliphatic heterocycles. The minimum Gasteiger partial charge on any atom is -0.364 e. The largest absolute Gasteiger partial charge is 0.364 e. The molecule has 25 heavy (non-hydrogen) atoms. The molecule has 0 saturated carbocycles. The normalized spacial score (nSPS) is 24.2. The lowest BCUT2D eigenvalue weighted by Crippen LogP contribution is -2.52. The number of nitrogens with two attached hydrogens (primary N) is 1. The fourth-order valence-electron chi connectivity index (χ4n) is 3.95. The van der Waals surface area contributed by atoms with Gasteiger partial charge >= 0.3 is 0 Å². The van der Waals surface area contributed by atoms with E-state index in [0.717, 1.165) is 38.9 Å². The number of hydrogen-bond donors (Lipinski definition) is 1. The lowest BCUT2D eigenvalue weighted by atomic mass is 9.77. The van der Waals surface area contributed by atoms with Crippen molar-refractivity contribution in [3.05, 3.63) is 18.1 Å². The van der Waals surface area contributed by atoms with Gasteiger partial charge in [0.05, 0.1) is 17.8 Å². The van der Waals surface area contributed by atoms with Crippen molar-refractivity contribution in [2.45, 2.75) is 40.0 Å². The third kappa shape index (κ3) is 3.60. The van der Waals surface area contributed by atoms with E-state index in [0.29, 0.717) is 12.4 Å². The Hall–Kier alpha value is -2.18. The number of amides is 2. The van der Waals surface area contributed by atoms with E-state index in [1.165, 1.54) is 6.20 Å². The third-order valence-electron chi connectivity index (χ3n) is 5.04. The van der Waals surface area contributed by atoms with Crippen LogP contribution in [0.5, 0.6) is 0 Å². The van der Waals surface area contributed by atoms with Crippen molar-refractivity contribution in [1.29, 1.82) is 0 Å². The summed E-state index contributed by atoms with van der Waals surface area (Å²) in [4.78, 5) is 36.9. The van der Waals surface area contributed by atoms with Crippen molar-refractivity contribution in [3.8, 4) is 0 Å². The van der Waals surface area contributed by atoms with Crippen LogP contribution in [0, 0.1) is 10.8 Å². The van der Waals surface area contributed by atoms with Gasteiger partial charge in [0.15, 0.2) is 0 Å². The fourth-order valence-corrected chi connectivity index (χ4v) is 3.95. The molecule has 1 spiro atoms. The molecule has 1 aromatic rings. The summed E-state index contributed by atoms with van der Waals surface area (Å²) in [5, 5.41) is 0. The Morgan fingerprint density at radius 1 is 1.28 bits per heavy atom.